The average Bonchev–Trinajstić information content (AvgIpc) is 2.76. The van der Waals surface area contributed by atoms with E-state index in [2.05, 4.69) is 20.1 Å². The number of nitrogens with one attached hydrogen (secondary N) is 1. The molecular weight excluding hydrogens is 296 g/mol. The van der Waals surface area contributed by atoms with Crippen LogP contribution in [-0.4, -0.2) is 25.9 Å². The number of para-hydroxylation sites is 1. The molecule has 2 aromatic rings. The van der Waals surface area contributed by atoms with E-state index in [9.17, 15) is 4.79 Å². The molecule has 1 aliphatic heterocycles. The number of hydrogen-bond donors (Lipinski definition) is 1. The first-order valence-electron chi connectivity index (χ1n) is 7.68. The Labute approximate surface area is 134 Å². The molecule has 0 saturated carbocycles. The molecule has 0 saturated heterocycles. The Kier molecular flexibility index (Phi) is 4.77. The Morgan fingerprint density at radius 3 is 2.86 bits per heavy atom. The fourth-order valence-electron chi connectivity index (χ4n) is 2.52. The van der Waals surface area contributed by atoms with Crippen LogP contribution in [0.15, 0.2) is 35.5 Å². The quantitative estimate of drug-likeness (QED) is 0.880. The SMILES string of the molecule is C[C@H](Sc1nnc2n1CCCCC2)C(=O)Nc1ccccc1. The van der Waals surface area contributed by atoms with Gasteiger partial charge in [-0.1, -0.05) is 36.4 Å². The van der Waals surface area contributed by atoms with Crippen LogP contribution in [0.25, 0.3) is 0 Å². The molecule has 1 aliphatic rings. The zero-order valence-electron chi connectivity index (χ0n) is 12.7. The van der Waals surface area contributed by atoms with E-state index in [0.29, 0.717) is 0 Å². The first-order valence-corrected chi connectivity index (χ1v) is 8.56. The molecule has 0 radical (unpaired) electrons. The third-order valence-corrected chi connectivity index (χ3v) is 4.85. The number of carbonyl (C=O) groups is 1. The highest BCUT2D eigenvalue weighted by atomic mass is 32.2. The van der Waals surface area contributed by atoms with Gasteiger partial charge in [-0.25, -0.2) is 0 Å². The van der Waals surface area contributed by atoms with E-state index in [1.54, 1.807) is 0 Å². The summed E-state index contributed by atoms with van der Waals surface area (Å²) in [5.74, 6) is 1.04. The van der Waals surface area contributed by atoms with Crippen molar-refractivity contribution < 1.29 is 4.79 Å². The van der Waals surface area contributed by atoms with Gasteiger partial charge < -0.3 is 9.88 Å². The Balaban J connectivity index is 1.65. The molecule has 0 spiro atoms. The van der Waals surface area contributed by atoms with Crippen molar-refractivity contribution in [2.75, 3.05) is 5.32 Å². The predicted molar refractivity (Wildman–Crippen MR) is 88.0 cm³/mol. The molecule has 0 fully saturated rings. The standard InChI is InChI=1S/C16H20N4OS/c1-12(15(21)17-13-8-4-2-5-9-13)22-16-19-18-14-10-6-3-7-11-20(14)16/h2,4-5,8-9,12H,3,6-7,10-11H2,1H3,(H,17,21)/t12-/m0/s1. The monoisotopic (exact) mass is 316 g/mol. The van der Waals surface area contributed by atoms with Crippen molar-refractivity contribution in [1.82, 2.24) is 14.8 Å². The zero-order valence-corrected chi connectivity index (χ0v) is 13.5. The van der Waals surface area contributed by atoms with Gasteiger partial charge in [0.15, 0.2) is 5.16 Å². The maximum absolute atomic E-state index is 12.3. The van der Waals surface area contributed by atoms with E-state index >= 15 is 0 Å². The van der Waals surface area contributed by atoms with Crippen LogP contribution in [0.5, 0.6) is 0 Å². The Morgan fingerprint density at radius 1 is 1.23 bits per heavy atom. The van der Waals surface area contributed by atoms with Crippen LogP contribution in [-0.2, 0) is 17.8 Å². The number of fused-ring (bicyclic) bond motifs is 1. The molecule has 1 atom stereocenters. The fraction of sp³-hybridized carbons (Fsp3) is 0.438. The van der Waals surface area contributed by atoms with Crippen molar-refractivity contribution >= 4 is 23.4 Å². The molecule has 116 valence electrons. The first-order chi connectivity index (χ1) is 10.7. The summed E-state index contributed by atoms with van der Waals surface area (Å²) >= 11 is 1.48. The van der Waals surface area contributed by atoms with Crippen molar-refractivity contribution in [3.8, 4) is 0 Å². The molecule has 0 aliphatic carbocycles. The Hall–Kier alpha value is -1.82. The summed E-state index contributed by atoms with van der Waals surface area (Å²) in [6.45, 7) is 2.86. The minimum absolute atomic E-state index is 0.0119. The van der Waals surface area contributed by atoms with Gasteiger partial charge in [-0.05, 0) is 31.9 Å². The van der Waals surface area contributed by atoms with Crippen molar-refractivity contribution in [2.24, 2.45) is 0 Å². The molecule has 3 rings (SSSR count). The van der Waals surface area contributed by atoms with Crippen LogP contribution < -0.4 is 5.32 Å². The van der Waals surface area contributed by atoms with Crippen molar-refractivity contribution in [3.05, 3.63) is 36.2 Å². The summed E-state index contributed by atoms with van der Waals surface area (Å²) < 4.78 is 2.17. The molecule has 2 heterocycles. The van der Waals surface area contributed by atoms with E-state index in [-0.39, 0.29) is 11.2 Å². The Bertz CT molecular complexity index is 641. The lowest BCUT2D eigenvalue weighted by Gasteiger charge is -2.12. The summed E-state index contributed by atoms with van der Waals surface area (Å²) in [7, 11) is 0. The number of aryl methyl sites for hydroxylation is 1. The van der Waals surface area contributed by atoms with Gasteiger partial charge in [-0.3, -0.25) is 4.79 Å². The number of amides is 1. The highest BCUT2D eigenvalue weighted by Gasteiger charge is 2.21. The van der Waals surface area contributed by atoms with E-state index in [1.165, 1.54) is 24.6 Å². The minimum Gasteiger partial charge on any atom is -0.325 e. The molecule has 0 unspecified atom stereocenters. The summed E-state index contributed by atoms with van der Waals surface area (Å²) in [5.41, 5.74) is 0.819. The van der Waals surface area contributed by atoms with Crippen LogP contribution in [0.3, 0.4) is 0 Å². The molecule has 1 aromatic heterocycles. The topological polar surface area (TPSA) is 59.8 Å². The van der Waals surface area contributed by atoms with Gasteiger partial charge in [0.1, 0.15) is 5.82 Å². The maximum atomic E-state index is 12.3. The number of benzene rings is 1. The minimum atomic E-state index is -0.211. The lowest BCUT2D eigenvalue weighted by atomic mass is 10.2. The number of carbonyl (C=O) groups excluding carboxylic acids is 1. The number of aromatic nitrogens is 3. The van der Waals surface area contributed by atoms with Gasteiger partial charge in [0.05, 0.1) is 5.25 Å². The number of rotatable bonds is 4. The van der Waals surface area contributed by atoms with Crippen LogP contribution in [0.4, 0.5) is 5.69 Å². The second-order valence-electron chi connectivity index (χ2n) is 5.48. The number of thioether (sulfide) groups is 1. The van der Waals surface area contributed by atoms with Crippen LogP contribution in [0, 0.1) is 0 Å². The summed E-state index contributed by atoms with van der Waals surface area (Å²) in [4.78, 5) is 12.3. The second-order valence-corrected chi connectivity index (χ2v) is 6.78. The lowest BCUT2D eigenvalue weighted by molar-refractivity contribution is -0.115. The summed E-state index contributed by atoms with van der Waals surface area (Å²) in [5, 5.41) is 12.1. The van der Waals surface area contributed by atoms with Gasteiger partial charge in [0.2, 0.25) is 5.91 Å². The lowest BCUT2D eigenvalue weighted by Crippen LogP contribution is -2.23. The van der Waals surface area contributed by atoms with Crippen LogP contribution in [0.2, 0.25) is 0 Å². The van der Waals surface area contributed by atoms with Crippen molar-refractivity contribution in [1.29, 1.82) is 0 Å². The average molecular weight is 316 g/mol. The highest BCUT2D eigenvalue weighted by molar-refractivity contribution is 8.00. The fourth-order valence-corrected chi connectivity index (χ4v) is 3.42. The molecule has 1 aromatic carbocycles. The van der Waals surface area contributed by atoms with Crippen LogP contribution >= 0.6 is 11.8 Å². The highest BCUT2D eigenvalue weighted by Crippen LogP contribution is 2.25. The molecule has 0 bridgehead atoms. The summed E-state index contributed by atoms with van der Waals surface area (Å²) in [6.07, 6.45) is 4.55. The number of nitrogens with zero attached hydrogens (tertiary/aromatic N) is 3. The normalized spacial score (nSPS) is 15.7. The third-order valence-electron chi connectivity index (χ3n) is 3.77. The smallest absolute Gasteiger partial charge is 0.237 e. The molecule has 5 nitrogen and oxygen atoms in total. The molecule has 1 N–H and O–H groups in total. The molecule has 22 heavy (non-hydrogen) atoms. The molecular formula is C16H20N4OS. The Morgan fingerprint density at radius 2 is 2.05 bits per heavy atom. The van der Waals surface area contributed by atoms with Crippen molar-refractivity contribution in [3.63, 3.8) is 0 Å². The number of hydrogen-bond acceptors (Lipinski definition) is 4. The van der Waals surface area contributed by atoms with Crippen molar-refractivity contribution in [2.45, 2.75) is 49.6 Å². The molecule has 1 amide bonds. The first kappa shape index (κ1) is 15.1. The zero-order chi connectivity index (χ0) is 15.4. The maximum Gasteiger partial charge on any atom is 0.237 e. The van der Waals surface area contributed by atoms with Gasteiger partial charge in [0.25, 0.3) is 0 Å². The molecule has 6 heteroatoms. The van der Waals surface area contributed by atoms with E-state index in [1.807, 2.05) is 37.3 Å². The second kappa shape index (κ2) is 6.96. The van der Waals surface area contributed by atoms with E-state index < -0.39 is 0 Å². The van der Waals surface area contributed by atoms with E-state index in [0.717, 1.165) is 36.1 Å². The third kappa shape index (κ3) is 3.50. The van der Waals surface area contributed by atoms with Gasteiger partial charge in [0, 0.05) is 18.7 Å². The number of anilines is 1. The van der Waals surface area contributed by atoms with Crippen LogP contribution in [0.1, 0.15) is 32.0 Å². The summed E-state index contributed by atoms with van der Waals surface area (Å²) in [6, 6.07) is 9.52. The van der Waals surface area contributed by atoms with Gasteiger partial charge in [-0.2, -0.15) is 0 Å². The van der Waals surface area contributed by atoms with E-state index in [4.69, 9.17) is 0 Å². The largest absolute Gasteiger partial charge is 0.325 e. The predicted octanol–water partition coefficient (Wildman–Crippen LogP) is 3.12. The van der Waals surface area contributed by atoms with Gasteiger partial charge >= 0.3 is 0 Å². The van der Waals surface area contributed by atoms with Gasteiger partial charge in [-0.15, -0.1) is 10.2 Å².